The number of halogens is 2. The number of hydrogen-bond acceptors (Lipinski definition) is 2. The van der Waals surface area contributed by atoms with E-state index in [2.05, 4.69) is 5.32 Å². The van der Waals surface area contributed by atoms with Gasteiger partial charge in [0.1, 0.15) is 0 Å². The lowest BCUT2D eigenvalue weighted by Crippen LogP contribution is -2.54. The highest BCUT2D eigenvalue weighted by Crippen LogP contribution is 2.28. The Morgan fingerprint density at radius 2 is 1.86 bits per heavy atom. The maximum atomic E-state index is 12.8. The summed E-state index contributed by atoms with van der Waals surface area (Å²) in [6.07, 6.45) is -0.363. The summed E-state index contributed by atoms with van der Waals surface area (Å²) in [5, 5.41) is 3.00. The molecule has 14 heavy (non-hydrogen) atoms. The van der Waals surface area contributed by atoms with Crippen LogP contribution < -0.4 is 5.32 Å². The number of likely N-dealkylation sites (tertiary alicyclic amines) is 1. The average Bonchev–Trinajstić information content (AvgIpc) is 2.00. The van der Waals surface area contributed by atoms with E-state index in [1.54, 1.807) is 4.90 Å². The summed E-state index contributed by atoms with van der Waals surface area (Å²) in [6, 6.07) is 0. The number of nitrogens with zero attached hydrogens (tertiary/aromatic N) is 1. The van der Waals surface area contributed by atoms with Crippen molar-refractivity contribution in [2.24, 2.45) is 5.92 Å². The minimum absolute atomic E-state index is 0.0294. The zero-order valence-electron chi connectivity index (χ0n) is 7.93. The molecule has 1 N–H and O–H groups in total. The molecular formula is C9H14F2N2O. The molecule has 2 aliphatic heterocycles. The molecule has 0 atom stereocenters. The van der Waals surface area contributed by atoms with Gasteiger partial charge in [0.15, 0.2) is 0 Å². The number of amides is 1. The molecule has 0 aromatic heterocycles. The molecule has 0 unspecified atom stereocenters. The van der Waals surface area contributed by atoms with E-state index in [1.807, 2.05) is 0 Å². The largest absolute Gasteiger partial charge is 0.342 e. The highest BCUT2D eigenvalue weighted by Gasteiger charge is 2.38. The van der Waals surface area contributed by atoms with Crippen LogP contribution in [0.25, 0.3) is 0 Å². The van der Waals surface area contributed by atoms with Crippen molar-refractivity contribution in [1.82, 2.24) is 10.2 Å². The van der Waals surface area contributed by atoms with Gasteiger partial charge in [0.25, 0.3) is 5.92 Å². The van der Waals surface area contributed by atoms with E-state index in [4.69, 9.17) is 0 Å². The maximum absolute atomic E-state index is 12.8. The lowest BCUT2D eigenvalue weighted by Gasteiger charge is -2.36. The molecule has 2 aliphatic rings. The molecule has 2 heterocycles. The van der Waals surface area contributed by atoms with Gasteiger partial charge < -0.3 is 10.2 Å². The van der Waals surface area contributed by atoms with E-state index in [-0.39, 0.29) is 37.8 Å². The molecule has 0 spiro atoms. The summed E-state index contributed by atoms with van der Waals surface area (Å²) in [7, 11) is 0. The molecule has 0 aliphatic carbocycles. The van der Waals surface area contributed by atoms with Crippen molar-refractivity contribution >= 4 is 5.91 Å². The van der Waals surface area contributed by atoms with Crippen LogP contribution in [-0.2, 0) is 4.79 Å². The Morgan fingerprint density at radius 3 is 2.29 bits per heavy atom. The molecule has 3 nitrogen and oxygen atoms in total. The van der Waals surface area contributed by atoms with Crippen LogP contribution in [-0.4, -0.2) is 42.9 Å². The fraction of sp³-hybridized carbons (Fsp3) is 0.889. The second-order valence-electron chi connectivity index (χ2n) is 4.04. The molecule has 1 amide bonds. The molecule has 2 saturated heterocycles. The van der Waals surface area contributed by atoms with Crippen LogP contribution in [0.15, 0.2) is 0 Å². The first-order valence-electron chi connectivity index (χ1n) is 4.96. The molecule has 0 bridgehead atoms. The highest BCUT2D eigenvalue weighted by atomic mass is 19.3. The third-order valence-corrected chi connectivity index (χ3v) is 2.94. The zero-order valence-corrected chi connectivity index (χ0v) is 7.93. The predicted octanol–water partition coefficient (Wildman–Crippen LogP) is 0.464. The van der Waals surface area contributed by atoms with Crippen LogP contribution in [0.2, 0.25) is 0 Å². The van der Waals surface area contributed by atoms with Crippen molar-refractivity contribution in [2.45, 2.75) is 18.8 Å². The Hall–Kier alpha value is -0.710. The Kier molecular flexibility index (Phi) is 2.43. The Bertz CT molecular complexity index is 231. The van der Waals surface area contributed by atoms with Gasteiger partial charge in [0, 0.05) is 39.0 Å². The molecule has 2 fully saturated rings. The van der Waals surface area contributed by atoms with E-state index in [9.17, 15) is 13.6 Å². The predicted molar refractivity (Wildman–Crippen MR) is 47.1 cm³/mol. The van der Waals surface area contributed by atoms with Crippen molar-refractivity contribution in [3.63, 3.8) is 0 Å². The van der Waals surface area contributed by atoms with Gasteiger partial charge in [0.2, 0.25) is 5.91 Å². The first kappa shape index (κ1) is 9.83. The van der Waals surface area contributed by atoms with Crippen LogP contribution in [0.3, 0.4) is 0 Å². The number of carbonyl (C=O) groups excluding carboxylic acids is 1. The van der Waals surface area contributed by atoms with Gasteiger partial charge in [0.05, 0.1) is 5.92 Å². The van der Waals surface area contributed by atoms with Gasteiger partial charge >= 0.3 is 0 Å². The van der Waals surface area contributed by atoms with Gasteiger partial charge in [-0.05, 0) is 0 Å². The summed E-state index contributed by atoms with van der Waals surface area (Å²) in [5.41, 5.74) is 0. The lowest BCUT2D eigenvalue weighted by atomic mass is 9.99. The number of nitrogens with one attached hydrogen (secondary N) is 1. The fourth-order valence-corrected chi connectivity index (χ4v) is 1.78. The van der Waals surface area contributed by atoms with E-state index < -0.39 is 5.92 Å². The average molecular weight is 204 g/mol. The van der Waals surface area contributed by atoms with Crippen LogP contribution in [0, 0.1) is 5.92 Å². The van der Waals surface area contributed by atoms with Crippen molar-refractivity contribution < 1.29 is 13.6 Å². The summed E-state index contributed by atoms with van der Waals surface area (Å²) < 4.78 is 25.6. The van der Waals surface area contributed by atoms with Crippen LogP contribution >= 0.6 is 0 Å². The quantitative estimate of drug-likeness (QED) is 0.673. The SMILES string of the molecule is O=C(C1CNC1)N1CCC(F)(F)CC1. The van der Waals surface area contributed by atoms with E-state index in [0.29, 0.717) is 13.1 Å². The second kappa shape index (κ2) is 3.46. The summed E-state index contributed by atoms with van der Waals surface area (Å²) in [4.78, 5) is 13.2. The van der Waals surface area contributed by atoms with Crippen molar-refractivity contribution in [2.75, 3.05) is 26.2 Å². The summed E-state index contributed by atoms with van der Waals surface area (Å²) in [5.74, 6) is -2.49. The van der Waals surface area contributed by atoms with Gasteiger partial charge in [-0.3, -0.25) is 4.79 Å². The van der Waals surface area contributed by atoms with Crippen LogP contribution in [0.1, 0.15) is 12.8 Å². The third kappa shape index (κ3) is 1.87. The molecule has 0 radical (unpaired) electrons. The fourth-order valence-electron chi connectivity index (χ4n) is 1.78. The first-order chi connectivity index (χ1) is 6.58. The molecule has 0 aromatic carbocycles. The van der Waals surface area contributed by atoms with Crippen LogP contribution in [0.5, 0.6) is 0 Å². The Labute approximate surface area is 81.4 Å². The first-order valence-corrected chi connectivity index (χ1v) is 4.96. The zero-order chi connectivity index (χ0) is 10.2. The van der Waals surface area contributed by atoms with E-state index in [1.165, 1.54) is 0 Å². The Morgan fingerprint density at radius 1 is 1.29 bits per heavy atom. The van der Waals surface area contributed by atoms with Gasteiger partial charge in [-0.15, -0.1) is 0 Å². The topological polar surface area (TPSA) is 32.3 Å². The normalized spacial score (nSPS) is 27.1. The lowest BCUT2D eigenvalue weighted by molar-refractivity contribution is -0.143. The number of carbonyl (C=O) groups is 1. The van der Waals surface area contributed by atoms with Gasteiger partial charge in [-0.2, -0.15) is 0 Å². The van der Waals surface area contributed by atoms with Gasteiger partial charge in [-0.1, -0.05) is 0 Å². The monoisotopic (exact) mass is 204 g/mol. The Balaban J connectivity index is 1.85. The van der Waals surface area contributed by atoms with Crippen molar-refractivity contribution in [3.05, 3.63) is 0 Å². The molecule has 2 rings (SSSR count). The number of piperidine rings is 1. The molecule has 5 heteroatoms. The van der Waals surface area contributed by atoms with Crippen molar-refractivity contribution in [3.8, 4) is 0 Å². The third-order valence-electron chi connectivity index (χ3n) is 2.94. The minimum Gasteiger partial charge on any atom is -0.342 e. The van der Waals surface area contributed by atoms with Crippen molar-refractivity contribution in [1.29, 1.82) is 0 Å². The number of alkyl halides is 2. The smallest absolute Gasteiger partial charge is 0.251 e. The molecule has 0 aromatic rings. The molecule has 0 saturated carbocycles. The van der Waals surface area contributed by atoms with Gasteiger partial charge in [-0.25, -0.2) is 8.78 Å². The number of rotatable bonds is 1. The minimum atomic E-state index is -2.56. The van der Waals surface area contributed by atoms with E-state index in [0.717, 1.165) is 0 Å². The standard InChI is InChI=1S/C9H14F2N2O/c10-9(11)1-3-13(4-2-9)8(14)7-5-12-6-7/h7,12H,1-6H2. The maximum Gasteiger partial charge on any atom is 0.251 e. The van der Waals surface area contributed by atoms with Crippen LogP contribution in [0.4, 0.5) is 8.78 Å². The van der Waals surface area contributed by atoms with E-state index >= 15 is 0 Å². The number of hydrogen-bond donors (Lipinski definition) is 1. The molecule has 80 valence electrons. The second-order valence-corrected chi connectivity index (χ2v) is 4.04. The highest BCUT2D eigenvalue weighted by molar-refractivity contribution is 5.80. The summed E-state index contributed by atoms with van der Waals surface area (Å²) >= 11 is 0. The summed E-state index contributed by atoms with van der Waals surface area (Å²) in [6.45, 7) is 1.82. The molecular weight excluding hydrogens is 190 g/mol.